The SMILES string of the molecule is COCC(C)(CCO)NC(=O)Nc1cc(F)c(F)c(F)c1. The Hall–Kier alpha value is -1.80. The Morgan fingerprint density at radius 2 is 1.90 bits per heavy atom. The van der Waals surface area contributed by atoms with Gasteiger partial charge in [-0.2, -0.15) is 0 Å². The molecule has 1 atom stereocenters. The van der Waals surface area contributed by atoms with Crippen molar-refractivity contribution in [1.82, 2.24) is 5.32 Å². The minimum Gasteiger partial charge on any atom is -0.396 e. The van der Waals surface area contributed by atoms with E-state index in [0.29, 0.717) is 12.1 Å². The van der Waals surface area contributed by atoms with Crippen LogP contribution in [0, 0.1) is 17.5 Å². The van der Waals surface area contributed by atoms with E-state index in [4.69, 9.17) is 9.84 Å². The number of hydrogen-bond donors (Lipinski definition) is 3. The van der Waals surface area contributed by atoms with Crippen molar-refractivity contribution in [3.05, 3.63) is 29.6 Å². The van der Waals surface area contributed by atoms with Crippen LogP contribution in [0.1, 0.15) is 13.3 Å². The van der Waals surface area contributed by atoms with Gasteiger partial charge in [0.25, 0.3) is 0 Å². The topological polar surface area (TPSA) is 70.6 Å². The Kier molecular flexibility index (Phi) is 5.98. The Labute approximate surface area is 120 Å². The monoisotopic (exact) mass is 306 g/mol. The number of amides is 2. The molecule has 0 saturated heterocycles. The lowest BCUT2D eigenvalue weighted by atomic mass is 10.00. The van der Waals surface area contributed by atoms with Gasteiger partial charge in [0.05, 0.1) is 12.1 Å². The molecule has 118 valence electrons. The molecule has 1 unspecified atom stereocenters. The van der Waals surface area contributed by atoms with Crippen LogP contribution >= 0.6 is 0 Å². The molecule has 2 amide bonds. The predicted molar refractivity (Wildman–Crippen MR) is 70.5 cm³/mol. The molecule has 0 aliphatic rings. The van der Waals surface area contributed by atoms with Gasteiger partial charge in [-0.15, -0.1) is 0 Å². The second-order valence-corrected chi connectivity index (χ2v) is 4.80. The zero-order valence-electron chi connectivity index (χ0n) is 11.7. The number of hydrogen-bond acceptors (Lipinski definition) is 3. The van der Waals surface area contributed by atoms with Crippen LogP contribution < -0.4 is 10.6 Å². The van der Waals surface area contributed by atoms with E-state index >= 15 is 0 Å². The first kappa shape index (κ1) is 17.3. The highest BCUT2D eigenvalue weighted by atomic mass is 19.2. The van der Waals surface area contributed by atoms with Crippen molar-refractivity contribution in [2.24, 2.45) is 0 Å². The van der Waals surface area contributed by atoms with E-state index in [2.05, 4.69) is 10.6 Å². The molecular formula is C13H17F3N2O3. The highest BCUT2D eigenvalue weighted by Crippen LogP contribution is 2.18. The van der Waals surface area contributed by atoms with Crippen molar-refractivity contribution >= 4 is 11.7 Å². The standard InChI is InChI=1S/C13H17F3N2O3/c1-13(3-4-19,7-21-2)18-12(20)17-8-5-9(14)11(16)10(15)6-8/h5-6,19H,3-4,7H2,1-2H3,(H2,17,18,20). The van der Waals surface area contributed by atoms with Crippen molar-refractivity contribution in [3.63, 3.8) is 0 Å². The molecule has 21 heavy (non-hydrogen) atoms. The maximum absolute atomic E-state index is 13.0. The van der Waals surface area contributed by atoms with Gasteiger partial charge in [0.2, 0.25) is 0 Å². The van der Waals surface area contributed by atoms with Crippen molar-refractivity contribution in [1.29, 1.82) is 0 Å². The molecule has 0 heterocycles. The molecule has 0 fully saturated rings. The quantitative estimate of drug-likeness (QED) is 0.704. The molecule has 0 aliphatic carbocycles. The second-order valence-electron chi connectivity index (χ2n) is 4.80. The summed E-state index contributed by atoms with van der Waals surface area (Å²) in [5.74, 6) is -4.41. The normalized spacial score (nSPS) is 13.6. The summed E-state index contributed by atoms with van der Waals surface area (Å²) in [6.07, 6.45) is 0.223. The Balaban J connectivity index is 2.77. The van der Waals surface area contributed by atoms with Crippen LogP contribution in [-0.4, -0.2) is 37.0 Å². The van der Waals surface area contributed by atoms with Gasteiger partial charge in [0.15, 0.2) is 17.5 Å². The van der Waals surface area contributed by atoms with E-state index in [1.807, 2.05) is 0 Å². The van der Waals surface area contributed by atoms with Gasteiger partial charge in [-0.05, 0) is 13.3 Å². The maximum Gasteiger partial charge on any atom is 0.319 e. The molecule has 0 aliphatic heterocycles. The minimum absolute atomic E-state index is 0.132. The highest BCUT2D eigenvalue weighted by Gasteiger charge is 2.26. The summed E-state index contributed by atoms with van der Waals surface area (Å²) in [6.45, 7) is 1.59. The van der Waals surface area contributed by atoms with Gasteiger partial charge in [0, 0.05) is 31.5 Å². The molecule has 3 N–H and O–H groups in total. The Bertz CT molecular complexity index is 482. The third-order valence-corrected chi connectivity index (χ3v) is 2.78. The number of carbonyl (C=O) groups is 1. The van der Waals surface area contributed by atoms with Crippen LogP contribution in [0.5, 0.6) is 0 Å². The van der Waals surface area contributed by atoms with Gasteiger partial charge in [-0.3, -0.25) is 0 Å². The van der Waals surface area contributed by atoms with Gasteiger partial charge < -0.3 is 20.5 Å². The number of anilines is 1. The third kappa shape index (κ3) is 4.91. The molecule has 0 aromatic heterocycles. The van der Waals surface area contributed by atoms with E-state index in [1.165, 1.54) is 7.11 Å². The van der Waals surface area contributed by atoms with Crippen molar-refractivity contribution < 1.29 is 27.8 Å². The lowest BCUT2D eigenvalue weighted by Crippen LogP contribution is -2.51. The predicted octanol–water partition coefficient (Wildman–Crippen LogP) is 2.01. The van der Waals surface area contributed by atoms with Gasteiger partial charge in [0.1, 0.15) is 0 Å². The number of ether oxygens (including phenoxy) is 1. The summed E-state index contributed by atoms with van der Waals surface area (Å²) in [5, 5.41) is 13.7. The molecule has 1 rings (SSSR count). The van der Waals surface area contributed by atoms with Crippen LogP contribution in [0.3, 0.4) is 0 Å². The maximum atomic E-state index is 13.0. The second kappa shape index (κ2) is 7.28. The number of carbonyl (C=O) groups excluding carboxylic acids is 1. The van der Waals surface area contributed by atoms with Gasteiger partial charge in [-0.25, -0.2) is 18.0 Å². The number of rotatable bonds is 6. The summed E-state index contributed by atoms with van der Waals surface area (Å²) >= 11 is 0. The van der Waals surface area contributed by atoms with Crippen molar-refractivity contribution in [3.8, 4) is 0 Å². The number of nitrogens with one attached hydrogen (secondary N) is 2. The van der Waals surface area contributed by atoms with Crippen molar-refractivity contribution in [2.75, 3.05) is 25.6 Å². The summed E-state index contributed by atoms with van der Waals surface area (Å²) in [4.78, 5) is 11.8. The molecule has 0 spiro atoms. The zero-order chi connectivity index (χ0) is 16.0. The smallest absolute Gasteiger partial charge is 0.319 e. The van der Waals surface area contributed by atoms with Crippen LogP contribution in [0.2, 0.25) is 0 Å². The average Bonchev–Trinajstić information content (AvgIpc) is 2.35. The summed E-state index contributed by atoms with van der Waals surface area (Å²) in [7, 11) is 1.43. The first-order valence-electron chi connectivity index (χ1n) is 6.15. The van der Waals surface area contributed by atoms with E-state index < -0.39 is 29.0 Å². The Morgan fingerprint density at radius 3 is 2.38 bits per heavy atom. The van der Waals surface area contributed by atoms with E-state index in [9.17, 15) is 18.0 Å². The summed E-state index contributed by atoms with van der Waals surface area (Å²) < 4.78 is 43.8. The molecule has 5 nitrogen and oxygen atoms in total. The molecular weight excluding hydrogens is 289 g/mol. The van der Waals surface area contributed by atoms with Crippen LogP contribution in [0.25, 0.3) is 0 Å². The molecule has 0 bridgehead atoms. The lowest BCUT2D eigenvalue weighted by Gasteiger charge is -2.29. The molecule has 0 radical (unpaired) electrons. The van der Waals surface area contributed by atoms with E-state index in [0.717, 1.165) is 0 Å². The number of aliphatic hydroxyl groups is 1. The Morgan fingerprint density at radius 1 is 1.33 bits per heavy atom. The van der Waals surface area contributed by atoms with Crippen molar-refractivity contribution in [2.45, 2.75) is 18.9 Å². The first-order chi connectivity index (χ1) is 9.81. The first-order valence-corrected chi connectivity index (χ1v) is 6.15. The zero-order valence-corrected chi connectivity index (χ0v) is 11.7. The molecule has 0 saturated carbocycles. The number of urea groups is 1. The largest absolute Gasteiger partial charge is 0.396 e. The third-order valence-electron chi connectivity index (χ3n) is 2.78. The fourth-order valence-electron chi connectivity index (χ4n) is 1.80. The lowest BCUT2D eigenvalue weighted by molar-refractivity contribution is 0.104. The minimum atomic E-state index is -1.61. The van der Waals surface area contributed by atoms with E-state index in [1.54, 1.807) is 6.92 Å². The summed E-state index contributed by atoms with van der Waals surface area (Å²) in [5.41, 5.74) is -1.09. The molecule has 8 heteroatoms. The van der Waals surface area contributed by atoms with E-state index in [-0.39, 0.29) is 25.3 Å². The summed E-state index contributed by atoms with van der Waals surface area (Å²) in [6, 6.07) is 0.573. The number of benzene rings is 1. The van der Waals surface area contributed by atoms with Crippen LogP contribution in [0.4, 0.5) is 23.7 Å². The van der Waals surface area contributed by atoms with Crippen LogP contribution in [0.15, 0.2) is 12.1 Å². The molecule has 1 aromatic carbocycles. The fraction of sp³-hybridized carbons (Fsp3) is 0.462. The average molecular weight is 306 g/mol. The highest BCUT2D eigenvalue weighted by molar-refractivity contribution is 5.89. The number of aliphatic hydroxyl groups excluding tert-OH is 1. The van der Waals surface area contributed by atoms with Gasteiger partial charge in [-0.1, -0.05) is 0 Å². The fourth-order valence-corrected chi connectivity index (χ4v) is 1.80. The number of methoxy groups -OCH3 is 1. The van der Waals surface area contributed by atoms with Gasteiger partial charge >= 0.3 is 6.03 Å². The number of halogens is 3. The van der Waals surface area contributed by atoms with Crippen LogP contribution in [-0.2, 0) is 4.74 Å². The molecule has 1 aromatic rings.